The third kappa shape index (κ3) is 3.71. The van der Waals surface area contributed by atoms with Crippen LogP contribution in [-0.4, -0.2) is 42.6 Å². The summed E-state index contributed by atoms with van der Waals surface area (Å²) >= 11 is 0. The fourth-order valence-electron chi connectivity index (χ4n) is 4.27. The number of methoxy groups -OCH3 is 1. The second kappa shape index (κ2) is 7.29. The van der Waals surface area contributed by atoms with Crippen LogP contribution in [-0.2, 0) is 16.0 Å². The van der Waals surface area contributed by atoms with Crippen molar-refractivity contribution in [2.75, 3.05) is 14.2 Å². The summed E-state index contributed by atoms with van der Waals surface area (Å²) in [4.78, 5) is 26.0. The van der Waals surface area contributed by atoms with Gasteiger partial charge in [-0.3, -0.25) is 4.79 Å². The molecule has 0 radical (unpaired) electrons. The molecule has 2 saturated carbocycles. The van der Waals surface area contributed by atoms with Gasteiger partial charge in [0, 0.05) is 24.5 Å². The van der Waals surface area contributed by atoms with Gasteiger partial charge in [0.15, 0.2) is 0 Å². The van der Waals surface area contributed by atoms with Gasteiger partial charge >= 0.3 is 6.09 Å². The lowest BCUT2D eigenvalue weighted by Gasteiger charge is -2.48. The first kappa shape index (κ1) is 18.7. The standard InChI is InChI=1S/C21H30N2O3/c1-5-14-6-8-15(9-7-14)16-10-18(11-16)23(3)19(24)17-12-21(2,13-17)22-20(25)26-4/h6-9,16-18H,5,10-13H2,1-4H3,(H,22,25)/t16-,17-,18+,21+. The SMILES string of the molecule is CCc1ccc([C@H]2C[C@@H](N(C)C(=O)[C@H]3C[C@@](C)(NC(=O)OC)C3)C2)cc1. The summed E-state index contributed by atoms with van der Waals surface area (Å²) in [5, 5.41) is 2.83. The number of nitrogens with zero attached hydrogens (tertiary/aromatic N) is 1. The largest absolute Gasteiger partial charge is 0.453 e. The molecule has 1 aromatic rings. The molecule has 2 aliphatic carbocycles. The number of hydrogen-bond acceptors (Lipinski definition) is 3. The summed E-state index contributed by atoms with van der Waals surface area (Å²) in [6, 6.07) is 9.22. The zero-order chi connectivity index (χ0) is 18.9. The fraction of sp³-hybridized carbons (Fsp3) is 0.619. The van der Waals surface area contributed by atoms with Crippen LogP contribution in [0.5, 0.6) is 0 Å². The van der Waals surface area contributed by atoms with Gasteiger partial charge in [-0.25, -0.2) is 4.79 Å². The molecule has 0 heterocycles. The van der Waals surface area contributed by atoms with Gasteiger partial charge < -0.3 is 15.0 Å². The highest BCUT2D eigenvalue weighted by molar-refractivity contribution is 5.81. The highest BCUT2D eigenvalue weighted by atomic mass is 16.5. The van der Waals surface area contributed by atoms with Gasteiger partial charge in [0.05, 0.1) is 7.11 Å². The van der Waals surface area contributed by atoms with Crippen LogP contribution in [0.3, 0.4) is 0 Å². The van der Waals surface area contributed by atoms with Crippen molar-refractivity contribution in [3.05, 3.63) is 35.4 Å². The Kier molecular flexibility index (Phi) is 5.26. The molecule has 0 aromatic heterocycles. The number of carbonyl (C=O) groups excluding carboxylic acids is 2. The second-order valence-electron chi connectivity index (χ2n) is 8.15. The van der Waals surface area contributed by atoms with E-state index in [1.54, 1.807) is 0 Å². The van der Waals surface area contributed by atoms with E-state index in [4.69, 9.17) is 0 Å². The highest BCUT2D eigenvalue weighted by Crippen LogP contribution is 2.43. The van der Waals surface area contributed by atoms with E-state index in [1.165, 1.54) is 18.2 Å². The molecule has 0 spiro atoms. The topological polar surface area (TPSA) is 58.6 Å². The number of ether oxygens (including phenoxy) is 1. The van der Waals surface area contributed by atoms with Crippen LogP contribution in [0.15, 0.2) is 24.3 Å². The monoisotopic (exact) mass is 358 g/mol. The summed E-state index contributed by atoms with van der Waals surface area (Å²) in [5.74, 6) is 0.776. The third-order valence-electron chi connectivity index (χ3n) is 6.20. The summed E-state index contributed by atoms with van der Waals surface area (Å²) in [6.07, 6.45) is 4.08. The number of nitrogens with one attached hydrogen (secondary N) is 1. The van der Waals surface area contributed by atoms with E-state index in [0.717, 1.165) is 19.3 Å². The van der Waals surface area contributed by atoms with Gasteiger partial charge in [0.2, 0.25) is 5.91 Å². The molecule has 0 aliphatic heterocycles. The molecule has 2 aliphatic rings. The van der Waals surface area contributed by atoms with Gasteiger partial charge in [-0.2, -0.15) is 0 Å². The van der Waals surface area contributed by atoms with Crippen LogP contribution >= 0.6 is 0 Å². The number of hydrogen-bond donors (Lipinski definition) is 1. The van der Waals surface area contributed by atoms with Crippen LogP contribution in [0.1, 0.15) is 56.6 Å². The average Bonchev–Trinajstić information content (AvgIpc) is 2.57. The Morgan fingerprint density at radius 3 is 2.38 bits per heavy atom. The lowest BCUT2D eigenvalue weighted by Crippen LogP contribution is -2.59. The molecule has 2 fully saturated rings. The van der Waals surface area contributed by atoms with Crippen LogP contribution in [0.4, 0.5) is 4.79 Å². The molecule has 26 heavy (non-hydrogen) atoms. The Bertz CT molecular complexity index is 658. The first-order valence-corrected chi connectivity index (χ1v) is 9.57. The molecule has 5 nitrogen and oxygen atoms in total. The Morgan fingerprint density at radius 2 is 1.85 bits per heavy atom. The van der Waals surface area contributed by atoms with Crippen LogP contribution in [0.25, 0.3) is 0 Å². The van der Waals surface area contributed by atoms with Crippen molar-refractivity contribution < 1.29 is 14.3 Å². The molecule has 0 saturated heterocycles. The predicted octanol–water partition coefficient (Wildman–Crippen LogP) is 3.48. The Hall–Kier alpha value is -2.04. The van der Waals surface area contributed by atoms with Crippen LogP contribution in [0, 0.1) is 5.92 Å². The molecule has 3 rings (SSSR count). The van der Waals surface area contributed by atoms with Crippen molar-refractivity contribution in [2.24, 2.45) is 5.92 Å². The molecule has 5 heteroatoms. The van der Waals surface area contributed by atoms with E-state index in [9.17, 15) is 9.59 Å². The predicted molar refractivity (Wildman–Crippen MR) is 101 cm³/mol. The number of alkyl carbamates (subject to hydrolysis) is 1. The van der Waals surface area contributed by atoms with Gasteiger partial charge in [-0.1, -0.05) is 31.2 Å². The fourth-order valence-corrected chi connectivity index (χ4v) is 4.27. The Labute approximate surface area is 156 Å². The van der Waals surface area contributed by atoms with Gasteiger partial charge in [0.1, 0.15) is 0 Å². The van der Waals surface area contributed by atoms with E-state index in [-0.39, 0.29) is 17.4 Å². The summed E-state index contributed by atoms with van der Waals surface area (Å²) in [5.41, 5.74) is 2.43. The normalized spacial score (nSPS) is 29.9. The van der Waals surface area contributed by atoms with Crippen molar-refractivity contribution in [3.8, 4) is 0 Å². The van der Waals surface area contributed by atoms with Crippen LogP contribution in [0.2, 0.25) is 0 Å². The molecule has 1 N–H and O–H groups in total. The lowest BCUT2D eigenvalue weighted by molar-refractivity contribution is -0.143. The maximum atomic E-state index is 12.7. The minimum absolute atomic E-state index is 0.00467. The van der Waals surface area contributed by atoms with Crippen molar-refractivity contribution in [1.82, 2.24) is 10.2 Å². The van der Waals surface area contributed by atoms with E-state index >= 15 is 0 Å². The molecule has 1 aromatic carbocycles. The lowest BCUT2D eigenvalue weighted by atomic mass is 9.68. The van der Waals surface area contributed by atoms with E-state index in [2.05, 4.69) is 41.2 Å². The van der Waals surface area contributed by atoms with Crippen LogP contribution < -0.4 is 5.32 Å². The maximum Gasteiger partial charge on any atom is 0.407 e. The number of benzene rings is 1. The van der Waals surface area contributed by atoms with Crippen molar-refractivity contribution in [3.63, 3.8) is 0 Å². The zero-order valence-corrected chi connectivity index (χ0v) is 16.2. The molecule has 0 atom stereocenters. The van der Waals surface area contributed by atoms with Gasteiger partial charge in [0.25, 0.3) is 0 Å². The maximum absolute atomic E-state index is 12.7. The number of aryl methyl sites for hydroxylation is 1. The Balaban J connectivity index is 1.46. The Morgan fingerprint density at radius 1 is 1.23 bits per heavy atom. The molecule has 2 amide bonds. The van der Waals surface area contributed by atoms with Gasteiger partial charge in [-0.15, -0.1) is 0 Å². The van der Waals surface area contributed by atoms with E-state index < -0.39 is 6.09 Å². The molecule has 0 unspecified atom stereocenters. The van der Waals surface area contributed by atoms with Crippen molar-refractivity contribution >= 4 is 12.0 Å². The number of rotatable bonds is 5. The average molecular weight is 358 g/mol. The smallest absolute Gasteiger partial charge is 0.407 e. The van der Waals surface area contributed by atoms with Crippen molar-refractivity contribution in [1.29, 1.82) is 0 Å². The van der Waals surface area contributed by atoms with E-state index in [0.29, 0.717) is 24.8 Å². The number of carbonyl (C=O) groups is 2. The first-order chi connectivity index (χ1) is 12.3. The first-order valence-electron chi connectivity index (χ1n) is 9.57. The third-order valence-corrected chi connectivity index (χ3v) is 6.20. The zero-order valence-electron chi connectivity index (χ0n) is 16.2. The molecule has 0 bridgehead atoms. The number of amides is 2. The highest BCUT2D eigenvalue weighted by Gasteiger charge is 2.47. The van der Waals surface area contributed by atoms with Crippen molar-refractivity contribution in [2.45, 2.75) is 63.5 Å². The minimum atomic E-state index is -0.428. The minimum Gasteiger partial charge on any atom is -0.453 e. The molecule has 142 valence electrons. The molecular weight excluding hydrogens is 328 g/mol. The quantitative estimate of drug-likeness (QED) is 0.877. The summed E-state index contributed by atoms with van der Waals surface area (Å²) in [6.45, 7) is 4.13. The van der Waals surface area contributed by atoms with E-state index in [1.807, 2.05) is 18.9 Å². The summed E-state index contributed by atoms with van der Waals surface area (Å²) < 4.78 is 4.65. The summed E-state index contributed by atoms with van der Waals surface area (Å²) in [7, 11) is 3.28. The molecular formula is C21H30N2O3. The van der Waals surface area contributed by atoms with Gasteiger partial charge in [-0.05, 0) is 56.1 Å². The second-order valence-corrected chi connectivity index (χ2v) is 8.15.